The maximum atomic E-state index is 9.00. The van der Waals surface area contributed by atoms with Gasteiger partial charge in [0.2, 0.25) is 0 Å². The molecule has 0 aliphatic carbocycles. The molecule has 0 saturated carbocycles. The van der Waals surface area contributed by atoms with Gasteiger partial charge in [0.15, 0.2) is 0 Å². The summed E-state index contributed by atoms with van der Waals surface area (Å²) in [7, 11) is 0. The van der Waals surface area contributed by atoms with Crippen molar-refractivity contribution in [1.29, 1.82) is 10.8 Å². The van der Waals surface area contributed by atoms with Crippen molar-refractivity contribution in [3.63, 3.8) is 0 Å². The lowest BCUT2D eigenvalue weighted by molar-refractivity contribution is 1.18. The van der Waals surface area contributed by atoms with Gasteiger partial charge in [-0.3, -0.25) is 9.98 Å². The van der Waals surface area contributed by atoms with E-state index in [-0.39, 0.29) is 0 Å². The molecule has 8 rings (SSSR count). The molecule has 6 aromatic carbocycles. The fraction of sp³-hybridized carbons (Fsp3) is 0. The minimum Gasteiger partial charge on any atom is -0.309 e. The molecule has 44 heavy (non-hydrogen) atoms. The zero-order valence-electron chi connectivity index (χ0n) is 23.9. The lowest BCUT2D eigenvalue weighted by Gasteiger charge is -2.09. The first-order chi connectivity index (χ1) is 21.7. The third kappa shape index (κ3) is 4.16. The highest BCUT2D eigenvalue weighted by atomic mass is 15.0. The van der Waals surface area contributed by atoms with Crippen LogP contribution in [-0.2, 0) is 0 Å². The van der Waals surface area contributed by atoms with E-state index in [9.17, 15) is 0 Å². The SMILES string of the molecule is N=C(/C=C\C(=N)n1c2ccccc2c2cc(-c3ccc4c(c3)c3ccccc3n4-c3ccccc3)ccc21)c1ccccc1. The van der Waals surface area contributed by atoms with E-state index in [1.165, 1.54) is 21.8 Å². The van der Waals surface area contributed by atoms with Crippen molar-refractivity contribution in [1.82, 2.24) is 9.13 Å². The van der Waals surface area contributed by atoms with Gasteiger partial charge in [-0.05, 0) is 77.4 Å². The molecule has 0 unspecified atom stereocenters. The molecular formula is C40H28N4. The standard InChI is InChI=1S/C40H28N4/c41-35(27-11-3-1-4-12-27)21-24-40(42)44-37-18-10-8-16-32(37)34-26-29(20-23-39(34)44)28-19-22-38-33(25-28)31-15-7-9-17-36(31)43(38)30-13-5-2-6-14-30/h1-26,41-42H/b24-21-,41-35?,42-40?. The molecule has 208 valence electrons. The summed E-state index contributed by atoms with van der Waals surface area (Å²) in [6.07, 6.45) is 3.42. The molecule has 0 radical (unpaired) electrons. The van der Waals surface area contributed by atoms with E-state index in [0.29, 0.717) is 11.5 Å². The number of fused-ring (bicyclic) bond motifs is 6. The van der Waals surface area contributed by atoms with Crippen molar-refractivity contribution in [2.24, 2.45) is 0 Å². The molecule has 0 amide bonds. The smallest absolute Gasteiger partial charge is 0.129 e. The number of para-hydroxylation sites is 3. The van der Waals surface area contributed by atoms with Gasteiger partial charge in [0.05, 0.1) is 27.8 Å². The first-order valence-corrected chi connectivity index (χ1v) is 14.7. The maximum Gasteiger partial charge on any atom is 0.129 e. The molecule has 0 aliphatic heterocycles. The summed E-state index contributed by atoms with van der Waals surface area (Å²) in [5, 5.41) is 22.1. The lowest BCUT2D eigenvalue weighted by Crippen LogP contribution is -2.07. The molecule has 4 heteroatoms. The van der Waals surface area contributed by atoms with E-state index >= 15 is 0 Å². The van der Waals surface area contributed by atoms with Gasteiger partial charge in [0, 0.05) is 27.2 Å². The van der Waals surface area contributed by atoms with E-state index in [4.69, 9.17) is 10.8 Å². The summed E-state index contributed by atoms with van der Waals surface area (Å²) in [5.74, 6) is 0.319. The number of nitrogens with zero attached hydrogens (tertiary/aromatic N) is 2. The van der Waals surface area contributed by atoms with E-state index in [0.717, 1.165) is 44.2 Å². The number of aromatic nitrogens is 2. The average Bonchev–Trinajstić information content (AvgIpc) is 3.60. The number of hydrogen-bond donors (Lipinski definition) is 2. The monoisotopic (exact) mass is 564 g/mol. The molecule has 4 nitrogen and oxygen atoms in total. The Labute approximate surface area is 254 Å². The van der Waals surface area contributed by atoms with Crippen LogP contribution >= 0.6 is 0 Å². The molecule has 2 heterocycles. The molecule has 2 N–H and O–H groups in total. The van der Waals surface area contributed by atoms with Crippen LogP contribution < -0.4 is 0 Å². The van der Waals surface area contributed by atoms with Crippen LogP contribution in [0.15, 0.2) is 158 Å². The van der Waals surface area contributed by atoms with E-state index in [1.54, 1.807) is 12.2 Å². The molecule has 0 atom stereocenters. The van der Waals surface area contributed by atoms with Crippen LogP contribution in [0.25, 0.3) is 60.4 Å². The minimum absolute atomic E-state index is 0.319. The Morgan fingerprint density at radius 3 is 1.66 bits per heavy atom. The Kier molecular flexibility index (Phi) is 6.05. The number of hydrogen-bond acceptors (Lipinski definition) is 2. The highest BCUT2D eigenvalue weighted by Gasteiger charge is 2.16. The predicted octanol–water partition coefficient (Wildman–Crippen LogP) is 10.0. The summed E-state index contributed by atoms with van der Waals surface area (Å²) in [6, 6.07) is 50.2. The summed E-state index contributed by atoms with van der Waals surface area (Å²) in [4.78, 5) is 0. The lowest BCUT2D eigenvalue weighted by atomic mass is 10.0. The quantitative estimate of drug-likeness (QED) is 0.154. The van der Waals surface area contributed by atoms with Gasteiger partial charge in [0.25, 0.3) is 0 Å². The fourth-order valence-electron chi connectivity index (χ4n) is 6.37. The molecule has 0 fully saturated rings. The van der Waals surface area contributed by atoms with Crippen molar-refractivity contribution in [2.75, 3.05) is 0 Å². The number of allylic oxidation sites excluding steroid dienone is 2. The zero-order valence-corrected chi connectivity index (χ0v) is 23.9. The predicted molar refractivity (Wildman–Crippen MR) is 185 cm³/mol. The van der Waals surface area contributed by atoms with Crippen LogP contribution in [0.2, 0.25) is 0 Å². The van der Waals surface area contributed by atoms with Crippen molar-refractivity contribution >= 4 is 55.2 Å². The van der Waals surface area contributed by atoms with E-state index in [1.807, 2.05) is 47.0 Å². The van der Waals surface area contributed by atoms with Gasteiger partial charge in [-0.1, -0.05) is 97.1 Å². The maximum absolute atomic E-state index is 9.00. The summed E-state index contributed by atoms with van der Waals surface area (Å²) >= 11 is 0. The van der Waals surface area contributed by atoms with Gasteiger partial charge in [0.1, 0.15) is 5.84 Å². The third-order valence-electron chi connectivity index (χ3n) is 8.43. The normalized spacial score (nSPS) is 11.7. The van der Waals surface area contributed by atoms with Gasteiger partial charge >= 0.3 is 0 Å². The molecule has 0 saturated heterocycles. The Bertz CT molecular complexity index is 2410. The second-order valence-electron chi connectivity index (χ2n) is 11.0. The highest BCUT2D eigenvalue weighted by molar-refractivity contribution is 6.18. The second kappa shape index (κ2) is 10.4. The van der Waals surface area contributed by atoms with Crippen LogP contribution in [-0.4, -0.2) is 20.7 Å². The first kappa shape index (κ1) is 25.7. The van der Waals surface area contributed by atoms with E-state index in [2.05, 4.69) is 108 Å². The number of rotatable bonds is 5. The van der Waals surface area contributed by atoms with Gasteiger partial charge in [-0.25, -0.2) is 0 Å². The van der Waals surface area contributed by atoms with Gasteiger partial charge in [-0.15, -0.1) is 0 Å². The van der Waals surface area contributed by atoms with Gasteiger partial charge < -0.3 is 9.98 Å². The van der Waals surface area contributed by atoms with Crippen molar-refractivity contribution in [3.8, 4) is 16.8 Å². The topological polar surface area (TPSA) is 57.6 Å². The minimum atomic E-state index is 0.319. The fourth-order valence-corrected chi connectivity index (χ4v) is 6.37. The summed E-state index contributed by atoms with van der Waals surface area (Å²) in [6.45, 7) is 0. The van der Waals surface area contributed by atoms with Crippen LogP contribution in [0.3, 0.4) is 0 Å². The van der Waals surface area contributed by atoms with Crippen molar-refractivity contribution < 1.29 is 0 Å². The Morgan fingerprint density at radius 2 is 0.955 bits per heavy atom. The van der Waals surface area contributed by atoms with Crippen LogP contribution in [0, 0.1) is 10.8 Å². The number of nitrogens with one attached hydrogen (secondary N) is 2. The molecule has 0 bridgehead atoms. The largest absolute Gasteiger partial charge is 0.309 e. The molecule has 2 aromatic heterocycles. The van der Waals surface area contributed by atoms with Crippen LogP contribution in [0.4, 0.5) is 0 Å². The Balaban J connectivity index is 1.24. The first-order valence-electron chi connectivity index (χ1n) is 14.7. The summed E-state index contributed by atoms with van der Waals surface area (Å²) < 4.78 is 4.31. The Hall–Kier alpha value is -6.00. The third-order valence-corrected chi connectivity index (χ3v) is 8.43. The summed E-state index contributed by atoms with van der Waals surface area (Å²) in [5.41, 5.74) is 8.95. The van der Waals surface area contributed by atoms with Gasteiger partial charge in [-0.2, -0.15) is 0 Å². The number of benzene rings is 6. The zero-order chi connectivity index (χ0) is 29.6. The van der Waals surface area contributed by atoms with Crippen molar-refractivity contribution in [3.05, 3.63) is 163 Å². The molecular weight excluding hydrogens is 536 g/mol. The molecule has 8 aromatic rings. The average molecular weight is 565 g/mol. The van der Waals surface area contributed by atoms with Crippen LogP contribution in [0.5, 0.6) is 0 Å². The molecule has 0 aliphatic rings. The molecule has 0 spiro atoms. The van der Waals surface area contributed by atoms with Crippen LogP contribution in [0.1, 0.15) is 5.56 Å². The highest BCUT2D eigenvalue weighted by Crippen LogP contribution is 2.37. The van der Waals surface area contributed by atoms with E-state index < -0.39 is 0 Å². The Morgan fingerprint density at radius 1 is 0.455 bits per heavy atom. The second-order valence-corrected chi connectivity index (χ2v) is 11.0. The van der Waals surface area contributed by atoms with Crippen molar-refractivity contribution in [2.45, 2.75) is 0 Å².